The van der Waals surface area contributed by atoms with Crippen molar-refractivity contribution in [2.75, 3.05) is 16.0 Å². The summed E-state index contributed by atoms with van der Waals surface area (Å²) in [4.78, 5) is 42.1. The second kappa shape index (κ2) is 7.92. The highest BCUT2D eigenvalue weighted by Gasteiger charge is 2.16. The number of hydrogen-bond donors (Lipinski definition) is 5. The lowest BCUT2D eigenvalue weighted by atomic mass is 10.2. The van der Waals surface area contributed by atoms with Crippen molar-refractivity contribution in [2.45, 2.75) is 19.9 Å². The lowest BCUT2D eigenvalue weighted by molar-refractivity contribution is -0.118. The van der Waals surface area contributed by atoms with Gasteiger partial charge in [0.05, 0.1) is 5.56 Å². The fraction of sp³-hybridized carbons (Fsp3) is 0.188. The van der Waals surface area contributed by atoms with Crippen LogP contribution in [0.5, 0.6) is 0 Å². The maximum Gasteiger partial charge on any atom is 0.254 e. The third-order valence-corrected chi connectivity index (χ3v) is 3.27. The number of anilines is 4. The average Bonchev–Trinajstić information content (AvgIpc) is 2.54. The van der Waals surface area contributed by atoms with Crippen molar-refractivity contribution in [1.29, 1.82) is 0 Å². The van der Waals surface area contributed by atoms with Gasteiger partial charge in [-0.2, -0.15) is 4.98 Å². The minimum absolute atomic E-state index is 0.0237. The molecule has 2 rings (SSSR count). The van der Waals surface area contributed by atoms with E-state index in [0.29, 0.717) is 11.4 Å². The van der Waals surface area contributed by atoms with E-state index in [1.165, 1.54) is 20.0 Å². The van der Waals surface area contributed by atoms with Gasteiger partial charge in [0.1, 0.15) is 11.9 Å². The lowest BCUT2D eigenvalue weighted by Gasteiger charge is -2.14. The maximum atomic E-state index is 11.5. The van der Waals surface area contributed by atoms with Crippen LogP contribution in [0, 0.1) is 0 Å². The zero-order valence-corrected chi connectivity index (χ0v) is 14.2. The van der Waals surface area contributed by atoms with Crippen LogP contribution in [0.15, 0.2) is 30.5 Å². The molecule has 0 spiro atoms. The van der Waals surface area contributed by atoms with E-state index in [2.05, 4.69) is 25.9 Å². The van der Waals surface area contributed by atoms with E-state index in [1.54, 1.807) is 24.3 Å². The van der Waals surface area contributed by atoms with Gasteiger partial charge >= 0.3 is 0 Å². The minimum Gasteiger partial charge on any atom is -0.368 e. The lowest BCUT2D eigenvalue weighted by Crippen LogP contribution is -2.33. The van der Waals surface area contributed by atoms with Crippen LogP contribution in [0.25, 0.3) is 0 Å². The SMILES string of the molecule is CC(=O)Nc1cccc(Nc2ncc(C(N)=O)c(N[C@@H](C)C(N)=O)n2)c1. The van der Waals surface area contributed by atoms with Crippen molar-refractivity contribution in [3.63, 3.8) is 0 Å². The highest BCUT2D eigenvalue weighted by molar-refractivity contribution is 5.98. The average molecular weight is 357 g/mol. The number of hydrogen-bond acceptors (Lipinski definition) is 7. The number of carbonyl (C=O) groups is 3. The number of nitrogens with one attached hydrogen (secondary N) is 3. The molecule has 1 atom stereocenters. The van der Waals surface area contributed by atoms with Gasteiger partial charge in [0.15, 0.2) is 0 Å². The Kier molecular flexibility index (Phi) is 5.68. The molecule has 0 fully saturated rings. The molecule has 1 aromatic carbocycles. The largest absolute Gasteiger partial charge is 0.368 e. The number of primary amides is 2. The molecule has 1 aromatic heterocycles. The summed E-state index contributed by atoms with van der Waals surface area (Å²) in [7, 11) is 0. The predicted octanol–water partition coefficient (Wildman–Crippen LogP) is 0.563. The molecular weight excluding hydrogens is 338 g/mol. The van der Waals surface area contributed by atoms with Gasteiger partial charge in [0.2, 0.25) is 17.8 Å². The van der Waals surface area contributed by atoms with Crippen LogP contribution < -0.4 is 27.4 Å². The fourth-order valence-corrected chi connectivity index (χ4v) is 2.02. The van der Waals surface area contributed by atoms with Gasteiger partial charge in [0, 0.05) is 24.5 Å². The zero-order valence-electron chi connectivity index (χ0n) is 14.2. The number of amides is 3. The Hall–Kier alpha value is -3.69. The number of aromatic nitrogens is 2. The molecule has 0 aliphatic rings. The van der Waals surface area contributed by atoms with Crippen molar-refractivity contribution < 1.29 is 14.4 Å². The second-order valence-electron chi connectivity index (χ2n) is 5.48. The Balaban J connectivity index is 2.28. The molecule has 2 aromatic rings. The normalized spacial score (nSPS) is 11.3. The molecule has 26 heavy (non-hydrogen) atoms. The van der Waals surface area contributed by atoms with Crippen molar-refractivity contribution in [3.05, 3.63) is 36.0 Å². The summed E-state index contributed by atoms with van der Waals surface area (Å²) >= 11 is 0. The fourth-order valence-electron chi connectivity index (χ4n) is 2.02. The quantitative estimate of drug-likeness (QED) is 0.483. The number of nitrogens with two attached hydrogens (primary N) is 2. The minimum atomic E-state index is -0.765. The van der Waals surface area contributed by atoms with Gasteiger partial charge < -0.3 is 27.4 Å². The second-order valence-corrected chi connectivity index (χ2v) is 5.48. The van der Waals surface area contributed by atoms with Gasteiger partial charge in [-0.3, -0.25) is 14.4 Å². The highest BCUT2D eigenvalue weighted by Crippen LogP contribution is 2.20. The summed E-state index contributed by atoms with van der Waals surface area (Å²) < 4.78 is 0. The van der Waals surface area contributed by atoms with Crippen LogP contribution in [0.4, 0.5) is 23.1 Å². The Morgan fingerprint density at radius 2 is 1.85 bits per heavy atom. The standard InChI is InChI=1S/C16H19N7O3/c1-8(13(17)25)20-15-12(14(18)26)7-19-16(23-15)22-11-5-3-4-10(6-11)21-9(2)24/h3-8H,1-2H3,(H2,17,25)(H2,18,26)(H,21,24)(H2,19,20,22,23)/t8-/m0/s1. The van der Waals surface area contributed by atoms with Crippen LogP contribution in [0.2, 0.25) is 0 Å². The molecular formula is C16H19N7O3. The molecule has 10 heteroatoms. The van der Waals surface area contributed by atoms with Gasteiger partial charge in [-0.1, -0.05) is 6.07 Å². The van der Waals surface area contributed by atoms with E-state index in [1.807, 2.05) is 0 Å². The zero-order chi connectivity index (χ0) is 19.3. The first-order valence-electron chi connectivity index (χ1n) is 7.63. The molecule has 0 aliphatic heterocycles. The molecule has 0 saturated heterocycles. The molecule has 7 N–H and O–H groups in total. The van der Waals surface area contributed by atoms with Crippen molar-refractivity contribution in [1.82, 2.24) is 9.97 Å². The van der Waals surface area contributed by atoms with E-state index in [0.717, 1.165) is 0 Å². The molecule has 10 nitrogen and oxygen atoms in total. The number of carbonyl (C=O) groups excluding carboxylic acids is 3. The third-order valence-electron chi connectivity index (χ3n) is 3.27. The predicted molar refractivity (Wildman–Crippen MR) is 96.9 cm³/mol. The van der Waals surface area contributed by atoms with Crippen LogP contribution >= 0.6 is 0 Å². The number of nitrogens with zero attached hydrogens (tertiary/aromatic N) is 2. The first-order valence-corrected chi connectivity index (χ1v) is 7.63. The molecule has 0 unspecified atom stereocenters. The first-order chi connectivity index (χ1) is 12.3. The Bertz CT molecular complexity index is 853. The van der Waals surface area contributed by atoms with E-state index in [9.17, 15) is 14.4 Å². The van der Waals surface area contributed by atoms with Crippen LogP contribution in [0.3, 0.4) is 0 Å². The third kappa shape index (κ3) is 4.90. The van der Waals surface area contributed by atoms with E-state index < -0.39 is 17.9 Å². The number of benzene rings is 1. The summed E-state index contributed by atoms with van der Waals surface area (Å²) in [5.41, 5.74) is 11.7. The van der Waals surface area contributed by atoms with Crippen molar-refractivity contribution in [2.24, 2.45) is 11.5 Å². The van der Waals surface area contributed by atoms with Gasteiger partial charge in [-0.15, -0.1) is 0 Å². The van der Waals surface area contributed by atoms with Gasteiger partial charge in [-0.25, -0.2) is 4.98 Å². The topological polar surface area (TPSA) is 165 Å². The van der Waals surface area contributed by atoms with E-state index in [-0.39, 0.29) is 23.2 Å². The summed E-state index contributed by atoms with van der Waals surface area (Å²) in [6.07, 6.45) is 1.24. The molecule has 3 amide bonds. The van der Waals surface area contributed by atoms with Gasteiger partial charge in [-0.05, 0) is 25.1 Å². The van der Waals surface area contributed by atoms with Crippen LogP contribution in [-0.4, -0.2) is 33.7 Å². The summed E-state index contributed by atoms with van der Waals surface area (Å²) in [5, 5.41) is 8.34. The van der Waals surface area contributed by atoms with E-state index >= 15 is 0 Å². The molecule has 136 valence electrons. The summed E-state index contributed by atoms with van der Waals surface area (Å²) in [6.45, 7) is 2.93. The summed E-state index contributed by atoms with van der Waals surface area (Å²) in [6, 6.07) is 6.13. The molecule has 0 aliphatic carbocycles. The Labute approximate surface area is 149 Å². The van der Waals surface area contributed by atoms with Crippen LogP contribution in [-0.2, 0) is 9.59 Å². The maximum absolute atomic E-state index is 11.5. The smallest absolute Gasteiger partial charge is 0.254 e. The van der Waals surface area contributed by atoms with Crippen LogP contribution in [0.1, 0.15) is 24.2 Å². The molecule has 1 heterocycles. The highest BCUT2D eigenvalue weighted by atomic mass is 16.2. The molecule has 0 saturated carbocycles. The van der Waals surface area contributed by atoms with Gasteiger partial charge in [0.25, 0.3) is 5.91 Å². The molecule has 0 radical (unpaired) electrons. The Morgan fingerprint density at radius 3 is 2.46 bits per heavy atom. The van der Waals surface area contributed by atoms with Crippen molar-refractivity contribution in [3.8, 4) is 0 Å². The molecule has 0 bridgehead atoms. The van der Waals surface area contributed by atoms with E-state index in [4.69, 9.17) is 11.5 Å². The first kappa shape index (κ1) is 18.6. The number of rotatable bonds is 7. The monoisotopic (exact) mass is 357 g/mol. The Morgan fingerprint density at radius 1 is 1.15 bits per heavy atom. The van der Waals surface area contributed by atoms with Crippen molar-refractivity contribution >= 4 is 40.9 Å². The summed E-state index contributed by atoms with van der Waals surface area (Å²) in [5.74, 6) is -1.32.